The van der Waals surface area contributed by atoms with E-state index in [2.05, 4.69) is 4.98 Å². The zero-order valence-corrected chi connectivity index (χ0v) is 18.6. The summed E-state index contributed by atoms with van der Waals surface area (Å²) in [5, 5.41) is 29.0. The standard InChI is InChI=1S/C23H24FN3O7/c1-33-15-4-3-12(19(6-15)34-2)8-26-10-17(23(31)32)20(30)16-7-18(24)22(25-21(16)26)27-9-14(29)5-13(27)11-28/h3-4,6-7,10,13-14,28-29H,5,8-9,11H2,1-2H3,(H,31,32). The second kappa shape index (κ2) is 9.27. The summed E-state index contributed by atoms with van der Waals surface area (Å²) < 4.78 is 27.2. The number of carbonyl (C=O) groups is 1. The molecule has 3 heterocycles. The monoisotopic (exact) mass is 473 g/mol. The number of nitrogens with zero attached hydrogens (tertiary/aromatic N) is 3. The first kappa shape index (κ1) is 23.5. The molecule has 3 aromatic rings. The van der Waals surface area contributed by atoms with Gasteiger partial charge in [-0.05, 0) is 24.6 Å². The van der Waals surface area contributed by atoms with Crippen LogP contribution in [0.1, 0.15) is 22.3 Å². The number of ether oxygens (including phenoxy) is 2. The van der Waals surface area contributed by atoms with Crippen LogP contribution in [-0.4, -0.2) is 70.4 Å². The molecule has 180 valence electrons. The highest BCUT2D eigenvalue weighted by molar-refractivity contribution is 5.92. The molecule has 1 saturated heterocycles. The van der Waals surface area contributed by atoms with Gasteiger partial charge in [0.2, 0.25) is 5.43 Å². The summed E-state index contributed by atoms with van der Waals surface area (Å²) in [6.07, 6.45) is 0.631. The van der Waals surface area contributed by atoms with E-state index in [0.717, 1.165) is 12.3 Å². The molecule has 0 radical (unpaired) electrons. The van der Waals surface area contributed by atoms with Crippen molar-refractivity contribution < 1.29 is 34.0 Å². The zero-order valence-electron chi connectivity index (χ0n) is 18.6. The van der Waals surface area contributed by atoms with Gasteiger partial charge in [0.05, 0.1) is 44.9 Å². The van der Waals surface area contributed by atoms with Crippen molar-refractivity contribution >= 4 is 22.8 Å². The molecule has 34 heavy (non-hydrogen) atoms. The van der Waals surface area contributed by atoms with Gasteiger partial charge in [0.15, 0.2) is 11.6 Å². The number of aliphatic hydroxyl groups is 2. The van der Waals surface area contributed by atoms with Crippen molar-refractivity contribution in [1.82, 2.24) is 9.55 Å². The Labute approximate surface area is 193 Å². The molecular formula is C23H24FN3O7. The Morgan fingerprint density at radius 3 is 2.68 bits per heavy atom. The zero-order chi connectivity index (χ0) is 24.6. The molecule has 1 fully saturated rings. The number of β-amino-alcohol motifs (C(OH)–C–C–N with tert-alkyl or cyclic N) is 1. The third kappa shape index (κ3) is 4.15. The molecule has 2 unspecified atom stereocenters. The van der Waals surface area contributed by atoms with Gasteiger partial charge in [-0.25, -0.2) is 14.2 Å². The van der Waals surface area contributed by atoms with Crippen LogP contribution in [0.25, 0.3) is 11.0 Å². The van der Waals surface area contributed by atoms with Crippen LogP contribution in [0.2, 0.25) is 0 Å². The molecule has 1 aromatic carbocycles. The Hall–Kier alpha value is -3.70. The number of hydrogen-bond donors (Lipinski definition) is 3. The summed E-state index contributed by atoms with van der Waals surface area (Å²) >= 11 is 0. The summed E-state index contributed by atoms with van der Waals surface area (Å²) in [5.41, 5.74) is -0.693. The Kier molecular flexibility index (Phi) is 6.40. The number of fused-ring (bicyclic) bond motifs is 1. The first-order chi connectivity index (χ1) is 16.3. The van der Waals surface area contributed by atoms with E-state index in [9.17, 15) is 24.9 Å². The average Bonchev–Trinajstić information content (AvgIpc) is 3.20. The van der Waals surface area contributed by atoms with Gasteiger partial charge >= 0.3 is 5.97 Å². The minimum atomic E-state index is -1.45. The van der Waals surface area contributed by atoms with Gasteiger partial charge in [-0.15, -0.1) is 0 Å². The number of rotatable bonds is 7. The summed E-state index contributed by atoms with van der Waals surface area (Å²) in [7, 11) is 2.99. The number of hydrogen-bond acceptors (Lipinski definition) is 8. The van der Waals surface area contributed by atoms with Gasteiger partial charge in [0, 0.05) is 24.4 Å². The minimum Gasteiger partial charge on any atom is -0.497 e. The molecule has 0 bridgehead atoms. The van der Waals surface area contributed by atoms with E-state index in [4.69, 9.17) is 9.47 Å². The lowest BCUT2D eigenvalue weighted by molar-refractivity contribution is 0.0694. The normalized spacial score (nSPS) is 17.9. The van der Waals surface area contributed by atoms with Crippen LogP contribution in [0, 0.1) is 5.82 Å². The Morgan fingerprint density at radius 2 is 2.03 bits per heavy atom. The molecule has 2 aromatic heterocycles. The summed E-state index contributed by atoms with van der Waals surface area (Å²) in [6, 6.07) is 5.50. The van der Waals surface area contributed by atoms with Crippen LogP contribution in [0.15, 0.2) is 35.3 Å². The third-order valence-electron chi connectivity index (χ3n) is 5.92. The first-order valence-corrected chi connectivity index (χ1v) is 10.5. The van der Waals surface area contributed by atoms with Gasteiger partial charge in [-0.3, -0.25) is 4.79 Å². The van der Waals surface area contributed by atoms with E-state index in [0.29, 0.717) is 17.1 Å². The number of carboxylic acids is 1. The Bertz CT molecular complexity index is 1310. The van der Waals surface area contributed by atoms with Crippen LogP contribution >= 0.6 is 0 Å². The van der Waals surface area contributed by atoms with Crippen molar-refractivity contribution in [3.63, 3.8) is 0 Å². The molecule has 0 amide bonds. The summed E-state index contributed by atoms with van der Waals surface area (Å²) in [4.78, 5) is 30.3. The number of halogens is 1. The lowest BCUT2D eigenvalue weighted by Crippen LogP contribution is -2.34. The highest BCUT2D eigenvalue weighted by atomic mass is 19.1. The maximum atomic E-state index is 15.1. The van der Waals surface area contributed by atoms with Crippen LogP contribution in [0.4, 0.5) is 10.2 Å². The van der Waals surface area contributed by atoms with Gasteiger partial charge in [-0.2, -0.15) is 0 Å². The predicted octanol–water partition coefficient (Wildman–Crippen LogP) is 1.23. The Morgan fingerprint density at radius 1 is 1.26 bits per heavy atom. The first-order valence-electron chi connectivity index (χ1n) is 10.5. The van der Waals surface area contributed by atoms with Crippen LogP contribution in [0.3, 0.4) is 0 Å². The third-order valence-corrected chi connectivity index (χ3v) is 5.92. The van der Waals surface area contributed by atoms with Crippen molar-refractivity contribution in [3.05, 3.63) is 57.6 Å². The lowest BCUT2D eigenvalue weighted by atomic mass is 10.1. The fourth-order valence-corrected chi connectivity index (χ4v) is 4.24. The fourth-order valence-electron chi connectivity index (χ4n) is 4.24. The molecule has 4 rings (SSSR count). The molecule has 2 atom stereocenters. The molecule has 1 aliphatic heterocycles. The molecule has 0 saturated carbocycles. The predicted molar refractivity (Wildman–Crippen MR) is 120 cm³/mol. The number of benzene rings is 1. The van der Waals surface area contributed by atoms with E-state index < -0.39 is 34.9 Å². The molecule has 11 heteroatoms. The highest BCUT2D eigenvalue weighted by Gasteiger charge is 2.33. The van der Waals surface area contributed by atoms with E-state index >= 15 is 4.39 Å². The smallest absolute Gasteiger partial charge is 0.341 e. The SMILES string of the molecule is COc1ccc(Cn2cc(C(=O)O)c(=O)c3cc(F)c(N4CC(O)CC4CO)nc32)c(OC)c1. The molecular weight excluding hydrogens is 449 g/mol. The highest BCUT2D eigenvalue weighted by Crippen LogP contribution is 2.30. The topological polar surface area (TPSA) is 134 Å². The van der Waals surface area contributed by atoms with Crippen LogP contribution in [-0.2, 0) is 6.54 Å². The second-order valence-electron chi connectivity index (χ2n) is 8.03. The van der Waals surface area contributed by atoms with Crippen LogP contribution in [0.5, 0.6) is 11.5 Å². The Balaban J connectivity index is 1.92. The van der Waals surface area contributed by atoms with Crippen molar-refractivity contribution in [2.24, 2.45) is 0 Å². The van der Waals surface area contributed by atoms with E-state index in [1.54, 1.807) is 18.2 Å². The van der Waals surface area contributed by atoms with Gasteiger partial charge in [-0.1, -0.05) is 0 Å². The average molecular weight is 473 g/mol. The van der Waals surface area contributed by atoms with Crippen LogP contribution < -0.4 is 19.8 Å². The number of aromatic nitrogens is 2. The molecule has 10 nitrogen and oxygen atoms in total. The lowest BCUT2D eigenvalue weighted by Gasteiger charge is -2.25. The second-order valence-corrected chi connectivity index (χ2v) is 8.03. The summed E-state index contributed by atoms with van der Waals surface area (Å²) in [5.74, 6) is -1.42. The molecule has 0 spiro atoms. The van der Waals surface area contributed by atoms with Crippen molar-refractivity contribution in [3.8, 4) is 11.5 Å². The molecule has 1 aliphatic rings. The number of aliphatic hydroxyl groups excluding tert-OH is 2. The van der Waals surface area contributed by atoms with E-state index in [1.807, 2.05) is 0 Å². The number of pyridine rings is 2. The van der Waals surface area contributed by atoms with Crippen molar-refractivity contribution in [2.45, 2.75) is 25.1 Å². The quantitative estimate of drug-likeness (QED) is 0.463. The fraction of sp³-hybridized carbons (Fsp3) is 0.348. The van der Waals surface area contributed by atoms with Crippen molar-refractivity contribution in [1.29, 1.82) is 0 Å². The number of methoxy groups -OCH3 is 2. The van der Waals surface area contributed by atoms with Gasteiger partial charge < -0.3 is 34.3 Å². The number of carboxylic acid groups (broad SMARTS) is 1. The number of aromatic carboxylic acids is 1. The largest absolute Gasteiger partial charge is 0.497 e. The maximum Gasteiger partial charge on any atom is 0.341 e. The van der Waals surface area contributed by atoms with Crippen molar-refractivity contribution in [2.75, 3.05) is 32.3 Å². The molecule has 3 N–H and O–H groups in total. The minimum absolute atomic E-state index is 0.0577. The van der Waals surface area contributed by atoms with E-state index in [-0.39, 0.29) is 43.0 Å². The van der Waals surface area contributed by atoms with E-state index in [1.165, 1.54) is 23.7 Å². The summed E-state index contributed by atoms with van der Waals surface area (Å²) in [6.45, 7) is -0.192. The maximum absolute atomic E-state index is 15.1. The molecule has 0 aliphatic carbocycles. The number of anilines is 1. The van der Waals surface area contributed by atoms with Gasteiger partial charge in [0.1, 0.15) is 22.7 Å². The van der Waals surface area contributed by atoms with Gasteiger partial charge in [0.25, 0.3) is 0 Å².